The molecule has 0 bridgehead atoms. The minimum atomic E-state index is -0.307. The van der Waals surface area contributed by atoms with E-state index in [1.807, 2.05) is 0 Å². The normalized spacial score (nSPS) is 21.6. The van der Waals surface area contributed by atoms with Gasteiger partial charge in [-0.05, 0) is 25.7 Å². The van der Waals surface area contributed by atoms with Crippen LogP contribution in [-0.2, 0) is 22.6 Å². The third kappa shape index (κ3) is 3.85. The van der Waals surface area contributed by atoms with Crippen LogP contribution >= 0.6 is 11.8 Å². The predicted molar refractivity (Wildman–Crippen MR) is 86.8 cm³/mol. The fourth-order valence-electron chi connectivity index (χ4n) is 3.22. The van der Waals surface area contributed by atoms with E-state index in [1.165, 1.54) is 18.2 Å². The summed E-state index contributed by atoms with van der Waals surface area (Å²) in [6.07, 6.45) is 6.10. The predicted octanol–water partition coefficient (Wildman–Crippen LogP) is 0.820. The molecule has 0 spiro atoms. The number of thioether (sulfide) groups is 1. The van der Waals surface area contributed by atoms with Crippen molar-refractivity contribution in [2.45, 2.75) is 50.2 Å². The fraction of sp³-hybridized carbons (Fsp3) is 0.733. The number of likely N-dealkylation sites (tertiary alicyclic amines) is 1. The molecule has 3 rings (SSSR count). The maximum absolute atomic E-state index is 12.4. The zero-order valence-corrected chi connectivity index (χ0v) is 14.1. The van der Waals surface area contributed by atoms with E-state index in [1.54, 1.807) is 4.90 Å². The minimum Gasteiger partial charge on any atom is -0.369 e. The van der Waals surface area contributed by atoms with E-state index >= 15 is 0 Å². The summed E-state index contributed by atoms with van der Waals surface area (Å²) in [7, 11) is 0. The molecule has 1 saturated heterocycles. The van der Waals surface area contributed by atoms with Crippen molar-refractivity contribution in [1.82, 2.24) is 19.7 Å². The van der Waals surface area contributed by atoms with Crippen molar-refractivity contribution in [2.24, 2.45) is 11.7 Å². The van der Waals surface area contributed by atoms with Crippen LogP contribution in [0.2, 0.25) is 0 Å². The number of carbonyl (C=O) groups is 2. The Bertz CT molecular complexity index is 588. The van der Waals surface area contributed by atoms with Crippen LogP contribution in [0.3, 0.4) is 0 Å². The van der Waals surface area contributed by atoms with Crippen molar-refractivity contribution in [2.75, 3.05) is 18.8 Å². The van der Waals surface area contributed by atoms with Gasteiger partial charge < -0.3 is 15.2 Å². The van der Waals surface area contributed by atoms with Gasteiger partial charge in [0.2, 0.25) is 11.8 Å². The van der Waals surface area contributed by atoms with E-state index in [4.69, 9.17) is 5.73 Å². The Balaban J connectivity index is 1.57. The highest BCUT2D eigenvalue weighted by atomic mass is 32.2. The molecule has 1 fully saturated rings. The molecule has 0 aliphatic carbocycles. The number of amides is 2. The van der Waals surface area contributed by atoms with E-state index in [0.717, 1.165) is 49.6 Å². The summed E-state index contributed by atoms with van der Waals surface area (Å²) in [4.78, 5) is 25.5. The molecule has 0 unspecified atom stereocenters. The number of primary amides is 1. The first-order chi connectivity index (χ1) is 11.1. The van der Waals surface area contributed by atoms with Crippen LogP contribution in [0, 0.1) is 5.92 Å². The third-order valence-electron chi connectivity index (χ3n) is 4.58. The van der Waals surface area contributed by atoms with E-state index in [0.29, 0.717) is 18.8 Å². The lowest BCUT2D eigenvalue weighted by molar-refractivity contribution is -0.132. The second-order valence-corrected chi connectivity index (χ2v) is 7.17. The van der Waals surface area contributed by atoms with Gasteiger partial charge in [0.05, 0.1) is 11.7 Å². The van der Waals surface area contributed by atoms with Crippen LogP contribution in [0.1, 0.15) is 37.9 Å². The summed E-state index contributed by atoms with van der Waals surface area (Å²) >= 11 is 1.44. The van der Waals surface area contributed by atoms with Gasteiger partial charge in [-0.15, -0.1) is 10.2 Å². The molecule has 0 radical (unpaired) electrons. The number of aromatic nitrogens is 3. The molecule has 3 heterocycles. The summed E-state index contributed by atoms with van der Waals surface area (Å²) in [6.45, 7) is 2.10. The smallest absolute Gasteiger partial charge is 0.233 e. The Morgan fingerprint density at radius 2 is 2.04 bits per heavy atom. The largest absolute Gasteiger partial charge is 0.369 e. The number of carbonyl (C=O) groups excluding carboxylic acids is 2. The van der Waals surface area contributed by atoms with Crippen molar-refractivity contribution >= 4 is 23.6 Å². The van der Waals surface area contributed by atoms with Gasteiger partial charge in [-0.1, -0.05) is 18.2 Å². The van der Waals surface area contributed by atoms with E-state index < -0.39 is 0 Å². The lowest BCUT2D eigenvalue weighted by atomic mass is 9.97. The third-order valence-corrected chi connectivity index (χ3v) is 5.53. The summed E-state index contributed by atoms with van der Waals surface area (Å²) in [5.74, 6) is 0.903. The fourth-order valence-corrected chi connectivity index (χ4v) is 4.10. The van der Waals surface area contributed by atoms with Gasteiger partial charge >= 0.3 is 0 Å². The highest BCUT2D eigenvalue weighted by Crippen LogP contribution is 2.23. The topological polar surface area (TPSA) is 94.1 Å². The number of hydrogen-bond donors (Lipinski definition) is 1. The van der Waals surface area contributed by atoms with E-state index in [9.17, 15) is 9.59 Å². The number of nitrogens with zero attached hydrogens (tertiary/aromatic N) is 4. The highest BCUT2D eigenvalue weighted by molar-refractivity contribution is 7.99. The van der Waals surface area contributed by atoms with Gasteiger partial charge in [-0.3, -0.25) is 9.59 Å². The molecule has 0 aromatic carbocycles. The van der Waals surface area contributed by atoms with Gasteiger partial charge in [0, 0.05) is 26.1 Å². The maximum atomic E-state index is 12.4. The zero-order valence-electron chi connectivity index (χ0n) is 13.2. The number of fused-ring (bicyclic) bond motifs is 1. The Morgan fingerprint density at radius 3 is 2.87 bits per heavy atom. The molecule has 1 aromatic heterocycles. The summed E-state index contributed by atoms with van der Waals surface area (Å²) in [6, 6.07) is 0. The summed E-state index contributed by atoms with van der Waals surface area (Å²) in [5, 5.41) is 9.31. The van der Waals surface area contributed by atoms with Crippen molar-refractivity contribution in [3.8, 4) is 0 Å². The van der Waals surface area contributed by atoms with Crippen molar-refractivity contribution < 1.29 is 9.59 Å². The minimum absolute atomic E-state index is 0.0481. The van der Waals surface area contributed by atoms with Gasteiger partial charge in [-0.25, -0.2) is 0 Å². The summed E-state index contributed by atoms with van der Waals surface area (Å²) < 4.78 is 2.15. The van der Waals surface area contributed by atoms with Crippen LogP contribution in [0.15, 0.2) is 5.16 Å². The molecule has 7 nitrogen and oxygen atoms in total. The SMILES string of the molecule is NC(=O)[C@H]1CCCN(C(=O)CSc2nnc3n2CCCCC3)C1. The molecule has 8 heteroatoms. The van der Waals surface area contributed by atoms with E-state index in [2.05, 4.69) is 14.8 Å². The van der Waals surface area contributed by atoms with Crippen LogP contribution < -0.4 is 5.73 Å². The van der Waals surface area contributed by atoms with Crippen LogP contribution in [0.4, 0.5) is 0 Å². The molecule has 23 heavy (non-hydrogen) atoms. The number of piperidine rings is 1. The highest BCUT2D eigenvalue weighted by Gasteiger charge is 2.27. The quantitative estimate of drug-likeness (QED) is 0.821. The van der Waals surface area contributed by atoms with Gasteiger partial charge in [-0.2, -0.15) is 0 Å². The molecular weight excluding hydrogens is 314 g/mol. The molecule has 2 amide bonds. The molecular formula is C15H23N5O2S. The van der Waals surface area contributed by atoms with Gasteiger partial charge in [0.15, 0.2) is 5.16 Å². The molecule has 2 aliphatic rings. The summed E-state index contributed by atoms with van der Waals surface area (Å²) in [5.41, 5.74) is 5.37. The Labute approximate surface area is 140 Å². The molecule has 126 valence electrons. The van der Waals surface area contributed by atoms with E-state index in [-0.39, 0.29) is 17.7 Å². The second-order valence-electron chi connectivity index (χ2n) is 6.23. The lowest BCUT2D eigenvalue weighted by Crippen LogP contribution is -2.44. The first-order valence-electron chi connectivity index (χ1n) is 8.27. The number of aryl methyl sites for hydroxylation is 1. The first-order valence-corrected chi connectivity index (χ1v) is 9.25. The van der Waals surface area contributed by atoms with Gasteiger partial charge in [0.25, 0.3) is 0 Å². The second kappa shape index (κ2) is 7.33. The average Bonchev–Trinajstić information content (AvgIpc) is 2.79. The van der Waals surface area contributed by atoms with Gasteiger partial charge in [0.1, 0.15) is 5.82 Å². The van der Waals surface area contributed by atoms with Crippen LogP contribution in [0.5, 0.6) is 0 Å². The van der Waals surface area contributed by atoms with Crippen molar-refractivity contribution in [3.63, 3.8) is 0 Å². The Morgan fingerprint density at radius 1 is 1.17 bits per heavy atom. The van der Waals surface area contributed by atoms with Crippen molar-refractivity contribution in [3.05, 3.63) is 5.82 Å². The lowest BCUT2D eigenvalue weighted by Gasteiger charge is -2.31. The number of hydrogen-bond acceptors (Lipinski definition) is 5. The molecule has 0 saturated carbocycles. The average molecular weight is 337 g/mol. The van der Waals surface area contributed by atoms with Crippen LogP contribution in [0.25, 0.3) is 0 Å². The monoisotopic (exact) mass is 337 g/mol. The van der Waals surface area contributed by atoms with Crippen LogP contribution in [-0.4, -0.2) is 50.3 Å². The molecule has 2 aliphatic heterocycles. The Hall–Kier alpha value is -1.57. The standard InChI is InChI=1S/C15H23N5O2S/c16-14(22)11-5-4-7-19(9-11)13(21)10-23-15-18-17-12-6-2-1-3-8-20(12)15/h11H,1-10H2,(H2,16,22)/t11-/m0/s1. The number of nitrogens with two attached hydrogens (primary N) is 1. The Kier molecular flexibility index (Phi) is 5.20. The molecule has 1 aromatic rings. The molecule has 1 atom stereocenters. The van der Waals surface area contributed by atoms with Crippen molar-refractivity contribution in [1.29, 1.82) is 0 Å². The first kappa shape index (κ1) is 16.3. The maximum Gasteiger partial charge on any atom is 0.233 e. The zero-order chi connectivity index (χ0) is 16.2. The molecule has 2 N–H and O–H groups in total. The number of rotatable bonds is 4.